The molecule has 2 aromatic heterocycles. The van der Waals surface area contributed by atoms with Crippen LogP contribution in [0, 0.1) is 6.92 Å². The lowest BCUT2D eigenvalue weighted by atomic mass is 10.2. The maximum Gasteiger partial charge on any atom is 0.239 e. The number of nitrogens with one attached hydrogen (secondary N) is 1. The van der Waals surface area contributed by atoms with Crippen molar-refractivity contribution in [3.8, 4) is 11.5 Å². The molecular weight excluding hydrogens is 410 g/mol. The lowest BCUT2D eigenvalue weighted by Crippen LogP contribution is -2.22. The van der Waals surface area contributed by atoms with Crippen molar-refractivity contribution in [2.75, 3.05) is 11.9 Å². The van der Waals surface area contributed by atoms with Gasteiger partial charge in [-0.15, -0.1) is 21.5 Å². The van der Waals surface area contributed by atoms with E-state index in [1.54, 1.807) is 6.20 Å². The van der Waals surface area contributed by atoms with Crippen LogP contribution in [0.15, 0.2) is 34.9 Å². The first-order valence-corrected chi connectivity index (χ1v) is 10.9. The smallest absolute Gasteiger partial charge is 0.239 e. The summed E-state index contributed by atoms with van der Waals surface area (Å²) >= 11 is 2.71. The van der Waals surface area contributed by atoms with E-state index in [0.717, 1.165) is 5.56 Å². The molecule has 1 aromatic carbocycles. The summed E-state index contributed by atoms with van der Waals surface area (Å²) in [6.07, 6.45) is 1.65. The summed E-state index contributed by atoms with van der Waals surface area (Å²) in [6, 6.07) is 5.80. The van der Waals surface area contributed by atoms with Crippen molar-refractivity contribution in [2.24, 2.45) is 7.05 Å². The van der Waals surface area contributed by atoms with Crippen LogP contribution in [0.4, 0.5) is 5.13 Å². The third kappa shape index (κ3) is 5.48. The van der Waals surface area contributed by atoms with Crippen LogP contribution in [-0.2, 0) is 18.4 Å². The van der Waals surface area contributed by atoms with Crippen molar-refractivity contribution in [3.05, 3.63) is 41.2 Å². The van der Waals surface area contributed by atoms with E-state index in [-0.39, 0.29) is 17.8 Å². The minimum Gasteiger partial charge on any atom is -0.490 e. The highest BCUT2D eigenvalue weighted by Gasteiger charge is 2.20. The number of aromatic nitrogens is 4. The summed E-state index contributed by atoms with van der Waals surface area (Å²) in [5.74, 6) is 1.89. The van der Waals surface area contributed by atoms with Crippen molar-refractivity contribution in [1.29, 1.82) is 0 Å². The molecule has 154 valence electrons. The molecule has 0 fully saturated rings. The van der Waals surface area contributed by atoms with Crippen molar-refractivity contribution < 1.29 is 14.3 Å². The van der Waals surface area contributed by atoms with Crippen molar-refractivity contribution >= 4 is 34.1 Å². The zero-order valence-corrected chi connectivity index (χ0v) is 18.3. The number of hydrogen-bond donors (Lipinski definition) is 1. The number of ether oxygens (including phenoxy) is 2. The number of rotatable bonds is 9. The van der Waals surface area contributed by atoms with Gasteiger partial charge in [0.1, 0.15) is 6.61 Å². The molecule has 1 amide bonds. The Bertz CT molecular complexity index is 959. The van der Waals surface area contributed by atoms with E-state index in [2.05, 4.69) is 20.5 Å². The first-order valence-electron chi connectivity index (χ1n) is 9.09. The average molecular weight is 434 g/mol. The molecule has 29 heavy (non-hydrogen) atoms. The van der Waals surface area contributed by atoms with Gasteiger partial charge < -0.3 is 19.4 Å². The number of benzene rings is 1. The molecule has 0 aliphatic rings. The summed E-state index contributed by atoms with van der Waals surface area (Å²) in [5, 5.41) is 13.9. The second-order valence-electron chi connectivity index (χ2n) is 6.22. The Kier molecular flexibility index (Phi) is 7.10. The normalized spacial score (nSPS) is 11.9. The summed E-state index contributed by atoms with van der Waals surface area (Å²) in [6.45, 7) is 6.56. The van der Waals surface area contributed by atoms with Gasteiger partial charge in [0, 0.05) is 18.6 Å². The Morgan fingerprint density at radius 3 is 2.86 bits per heavy atom. The van der Waals surface area contributed by atoms with Crippen LogP contribution in [0.25, 0.3) is 0 Å². The Morgan fingerprint density at radius 1 is 1.31 bits per heavy atom. The van der Waals surface area contributed by atoms with Gasteiger partial charge in [-0.25, -0.2) is 4.98 Å². The predicted molar refractivity (Wildman–Crippen MR) is 114 cm³/mol. The number of nitrogens with zero attached hydrogens (tertiary/aromatic N) is 4. The number of anilines is 1. The van der Waals surface area contributed by atoms with Gasteiger partial charge in [-0.1, -0.05) is 17.8 Å². The molecule has 1 atom stereocenters. The van der Waals surface area contributed by atoms with Gasteiger partial charge >= 0.3 is 0 Å². The first kappa shape index (κ1) is 21.1. The Labute approximate surface area is 177 Å². The average Bonchev–Trinajstić information content (AvgIpc) is 3.32. The molecule has 8 nitrogen and oxygen atoms in total. The van der Waals surface area contributed by atoms with E-state index >= 15 is 0 Å². The number of aryl methyl sites for hydroxylation is 1. The molecule has 10 heteroatoms. The van der Waals surface area contributed by atoms with Crippen LogP contribution >= 0.6 is 23.1 Å². The fourth-order valence-electron chi connectivity index (χ4n) is 2.42. The molecule has 0 saturated carbocycles. The number of carbonyl (C=O) groups excluding carboxylic acids is 1. The maximum atomic E-state index is 12.3. The monoisotopic (exact) mass is 433 g/mol. The predicted octanol–water partition coefficient (Wildman–Crippen LogP) is 3.68. The molecule has 0 unspecified atom stereocenters. The summed E-state index contributed by atoms with van der Waals surface area (Å²) in [7, 11) is 1.85. The number of hydrogen-bond acceptors (Lipinski definition) is 8. The van der Waals surface area contributed by atoms with E-state index in [0.29, 0.717) is 34.2 Å². The molecule has 3 rings (SSSR count). The SMILES string of the molecule is CCOc1cc(C)ccc1OCc1nnc(S[C@@H](C)C(=O)Nc2nccs2)n1C. The minimum atomic E-state index is -0.350. The van der Waals surface area contributed by atoms with E-state index < -0.39 is 0 Å². The number of thiazole rings is 1. The summed E-state index contributed by atoms with van der Waals surface area (Å²) < 4.78 is 13.4. The zero-order valence-electron chi connectivity index (χ0n) is 16.7. The molecule has 0 radical (unpaired) electrons. The second kappa shape index (κ2) is 9.75. The van der Waals surface area contributed by atoms with Crippen LogP contribution in [0.2, 0.25) is 0 Å². The number of thioether (sulfide) groups is 1. The summed E-state index contributed by atoms with van der Waals surface area (Å²) in [5.41, 5.74) is 1.10. The largest absolute Gasteiger partial charge is 0.490 e. The van der Waals surface area contributed by atoms with Crippen molar-refractivity contribution in [3.63, 3.8) is 0 Å². The van der Waals surface area contributed by atoms with Gasteiger partial charge in [-0.05, 0) is 38.5 Å². The highest BCUT2D eigenvalue weighted by atomic mass is 32.2. The number of amides is 1. The van der Waals surface area contributed by atoms with Crippen LogP contribution in [0.1, 0.15) is 25.2 Å². The molecule has 3 aromatic rings. The molecule has 0 bridgehead atoms. The third-order valence-electron chi connectivity index (χ3n) is 3.99. The number of carbonyl (C=O) groups is 1. The summed E-state index contributed by atoms with van der Waals surface area (Å²) in [4.78, 5) is 16.4. The van der Waals surface area contributed by atoms with Gasteiger partial charge in [-0.3, -0.25) is 4.79 Å². The second-order valence-corrected chi connectivity index (χ2v) is 8.42. The van der Waals surface area contributed by atoms with Crippen LogP contribution in [0.5, 0.6) is 11.5 Å². The van der Waals surface area contributed by atoms with E-state index in [1.165, 1.54) is 23.1 Å². The Balaban J connectivity index is 1.61. The van der Waals surface area contributed by atoms with Gasteiger partial charge in [0.25, 0.3) is 0 Å². The van der Waals surface area contributed by atoms with Gasteiger partial charge in [0.05, 0.1) is 11.9 Å². The lowest BCUT2D eigenvalue weighted by molar-refractivity contribution is -0.115. The van der Waals surface area contributed by atoms with Crippen molar-refractivity contribution in [2.45, 2.75) is 37.8 Å². The zero-order chi connectivity index (χ0) is 20.8. The van der Waals surface area contributed by atoms with Gasteiger partial charge in [0.15, 0.2) is 27.6 Å². The minimum absolute atomic E-state index is 0.133. The quantitative estimate of drug-likeness (QED) is 0.515. The topological polar surface area (TPSA) is 91.2 Å². The molecule has 0 spiro atoms. The van der Waals surface area contributed by atoms with E-state index in [9.17, 15) is 4.79 Å². The molecule has 1 N–H and O–H groups in total. The highest BCUT2D eigenvalue weighted by molar-refractivity contribution is 8.00. The third-order valence-corrected chi connectivity index (χ3v) is 5.82. The van der Waals surface area contributed by atoms with Crippen LogP contribution in [-0.4, -0.2) is 37.5 Å². The first-order chi connectivity index (χ1) is 14.0. The molecule has 0 aliphatic heterocycles. The van der Waals surface area contributed by atoms with Crippen molar-refractivity contribution in [1.82, 2.24) is 19.7 Å². The standard InChI is InChI=1S/C19H23N5O3S2/c1-5-26-15-10-12(2)6-7-14(15)27-11-16-22-23-19(24(16)4)29-13(3)17(25)21-18-20-8-9-28-18/h6-10,13H,5,11H2,1-4H3,(H,20,21,25)/t13-/m0/s1. The van der Waals surface area contributed by atoms with Crippen LogP contribution in [0.3, 0.4) is 0 Å². The van der Waals surface area contributed by atoms with E-state index in [4.69, 9.17) is 9.47 Å². The lowest BCUT2D eigenvalue weighted by Gasteiger charge is -2.13. The maximum absolute atomic E-state index is 12.3. The molecule has 2 heterocycles. The van der Waals surface area contributed by atoms with Gasteiger partial charge in [0.2, 0.25) is 5.91 Å². The van der Waals surface area contributed by atoms with E-state index in [1.807, 2.05) is 56.0 Å². The molecule has 0 aliphatic carbocycles. The molecular formula is C19H23N5O3S2. The molecule has 0 saturated heterocycles. The van der Waals surface area contributed by atoms with Gasteiger partial charge in [-0.2, -0.15) is 0 Å². The van der Waals surface area contributed by atoms with Crippen LogP contribution < -0.4 is 14.8 Å². The highest BCUT2D eigenvalue weighted by Crippen LogP contribution is 2.29. The fraction of sp³-hybridized carbons (Fsp3) is 0.368. The Hall–Kier alpha value is -2.59. The Morgan fingerprint density at radius 2 is 2.14 bits per heavy atom. The fourth-order valence-corrected chi connectivity index (χ4v) is 3.79.